The molecule has 0 radical (unpaired) electrons. The first-order valence-corrected chi connectivity index (χ1v) is 17.0. The van der Waals surface area contributed by atoms with Gasteiger partial charge in [-0.15, -0.1) is 0 Å². The molecule has 0 fully saturated rings. The number of hydrogen-bond acceptors (Lipinski definition) is 9. The van der Waals surface area contributed by atoms with E-state index in [9.17, 15) is 19.0 Å². The Morgan fingerprint density at radius 2 is 1.44 bits per heavy atom. The molecule has 0 amide bonds. The van der Waals surface area contributed by atoms with Crippen molar-refractivity contribution < 1.29 is 33.0 Å². The van der Waals surface area contributed by atoms with Crippen molar-refractivity contribution in [1.82, 2.24) is 19.5 Å². The average Bonchev–Trinajstić information content (AvgIpc) is 3.38. The molecule has 0 aliphatic carbocycles. The van der Waals surface area contributed by atoms with Crippen molar-refractivity contribution >= 4 is 24.6 Å². The second-order valence-corrected chi connectivity index (χ2v) is 12.3. The summed E-state index contributed by atoms with van der Waals surface area (Å²) in [6, 6.07) is 0. The van der Waals surface area contributed by atoms with Gasteiger partial charge in [-0.25, -0.2) is 15.0 Å². The van der Waals surface area contributed by atoms with E-state index in [4.69, 9.17) is 19.7 Å². The second kappa shape index (κ2) is 21.9. The lowest BCUT2D eigenvalue weighted by Crippen LogP contribution is -2.24. The number of imidazole rings is 1. The molecule has 0 aromatic carbocycles. The van der Waals surface area contributed by atoms with Gasteiger partial charge in [0.05, 0.1) is 38.9 Å². The van der Waals surface area contributed by atoms with Crippen molar-refractivity contribution in [3.63, 3.8) is 0 Å². The highest BCUT2D eigenvalue weighted by molar-refractivity contribution is 7.52. The third-order valence-electron chi connectivity index (χ3n) is 6.91. The first-order valence-electron chi connectivity index (χ1n) is 15.2. The molecule has 0 saturated heterocycles. The zero-order valence-corrected chi connectivity index (χ0v) is 25.4. The summed E-state index contributed by atoms with van der Waals surface area (Å²) in [5.74, 6) is 0.246. The number of halogens is 1. The summed E-state index contributed by atoms with van der Waals surface area (Å²) in [5, 5.41) is 9.65. The number of anilines is 1. The van der Waals surface area contributed by atoms with Crippen LogP contribution in [-0.4, -0.2) is 75.1 Å². The number of aromatic nitrogens is 4. The molecular formula is C28H51FN5O6P. The van der Waals surface area contributed by atoms with Crippen molar-refractivity contribution in [2.75, 3.05) is 45.2 Å². The van der Waals surface area contributed by atoms with Crippen LogP contribution in [-0.2, 0) is 25.1 Å². The molecule has 0 bridgehead atoms. The van der Waals surface area contributed by atoms with E-state index in [0.717, 1.165) is 25.7 Å². The van der Waals surface area contributed by atoms with Crippen molar-refractivity contribution in [1.29, 1.82) is 0 Å². The molecule has 0 aliphatic heterocycles. The Labute approximate surface area is 243 Å². The lowest BCUT2D eigenvalue weighted by molar-refractivity contribution is 0.0175. The third kappa shape index (κ3) is 15.9. The Morgan fingerprint density at radius 1 is 0.854 bits per heavy atom. The smallest absolute Gasteiger partial charge is 0.353 e. The standard InChI is InChI=1S/C28H51FN5O6P/c29-16-13-11-9-7-5-3-1-2-4-6-8-10-12-14-17-38-18-15-19-40-41(36,37)24-39-25(21-35)20-34-23-33-26-27(30)31-22-32-28(26)34/h22-23,25,35H,1-21,24H2,(H,36,37)(H2,30,31,32)/t25-/m0/s1. The number of aliphatic hydroxyl groups excluding tert-OH is 1. The van der Waals surface area contributed by atoms with Crippen LogP contribution in [0.15, 0.2) is 12.7 Å². The highest BCUT2D eigenvalue weighted by atomic mass is 31.2. The number of fused-ring (bicyclic) bond motifs is 1. The van der Waals surface area contributed by atoms with Crippen LogP contribution in [0.5, 0.6) is 0 Å². The number of rotatable bonds is 27. The van der Waals surface area contributed by atoms with E-state index in [-0.39, 0.29) is 32.3 Å². The molecular weight excluding hydrogens is 552 g/mol. The highest BCUT2D eigenvalue weighted by Crippen LogP contribution is 2.42. The molecule has 236 valence electrons. The average molecular weight is 604 g/mol. The lowest BCUT2D eigenvalue weighted by atomic mass is 10.0. The van der Waals surface area contributed by atoms with Crippen LogP contribution in [0.4, 0.5) is 10.2 Å². The van der Waals surface area contributed by atoms with Crippen LogP contribution in [0.3, 0.4) is 0 Å². The van der Waals surface area contributed by atoms with E-state index in [1.165, 1.54) is 76.9 Å². The van der Waals surface area contributed by atoms with E-state index >= 15 is 0 Å². The maximum atomic E-state index is 12.3. The fourth-order valence-electron chi connectivity index (χ4n) is 4.54. The van der Waals surface area contributed by atoms with Gasteiger partial charge in [-0.1, -0.05) is 77.0 Å². The summed E-state index contributed by atoms with van der Waals surface area (Å²) >= 11 is 0. The van der Waals surface area contributed by atoms with E-state index in [1.807, 2.05) is 0 Å². The third-order valence-corrected chi connectivity index (χ3v) is 7.97. The minimum Gasteiger partial charge on any atom is -0.394 e. The predicted octanol–water partition coefficient (Wildman–Crippen LogP) is 5.78. The monoisotopic (exact) mass is 603 g/mol. The Kier molecular flexibility index (Phi) is 19.0. The molecule has 41 heavy (non-hydrogen) atoms. The minimum atomic E-state index is -3.97. The number of nitrogen functional groups attached to an aromatic ring is 1. The molecule has 2 atom stereocenters. The van der Waals surface area contributed by atoms with Gasteiger partial charge >= 0.3 is 7.60 Å². The Bertz CT molecular complexity index is 985. The Hall–Kier alpha value is -1.69. The fraction of sp³-hybridized carbons (Fsp3) is 0.821. The van der Waals surface area contributed by atoms with Gasteiger partial charge in [0.2, 0.25) is 0 Å². The number of nitrogens with zero attached hydrogens (tertiary/aromatic N) is 4. The molecule has 0 spiro atoms. The zero-order valence-electron chi connectivity index (χ0n) is 24.5. The molecule has 2 rings (SSSR count). The molecule has 2 aromatic heterocycles. The summed E-state index contributed by atoms with van der Waals surface area (Å²) in [6.45, 7) is 0.870. The summed E-state index contributed by atoms with van der Waals surface area (Å²) in [4.78, 5) is 22.2. The van der Waals surface area contributed by atoms with Crippen LogP contribution < -0.4 is 5.73 Å². The largest absolute Gasteiger partial charge is 0.394 e. The Balaban J connectivity index is 1.40. The first-order chi connectivity index (χ1) is 20.0. The summed E-state index contributed by atoms with van der Waals surface area (Å²) in [7, 11) is -3.97. The van der Waals surface area contributed by atoms with Gasteiger partial charge in [-0.2, -0.15) is 0 Å². The molecule has 11 nitrogen and oxygen atoms in total. The van der Waals surface area contributed by atoms with Crippen molar-refractivity contribution in [2.24, 2.45) is 0 Å². The van der Waals surface area contributed by atoms with Crippen molar-refractivity contribution in [3.8, 4) is 0 Å². The SMILES string of the molecule is Nc1ncnc2c1ncn2C[C@@H](CO)OCP(=O)(O)OCCCOCCCCCCCCCCCCCCCCF. The van der Waals surface area contributed by atoms with Crippen LogP contribution in [0.1, 0.15) is 96.3 Å². The van der Waals surface area contributed by atoms with Gasteiger partial charge in [0, 0.05) is 13.2 Å². The maximum absolute atomic E-state index is 12.3. The van der Waals surface area contributed by atoms with Gasteiger partial charge in [0.15, 0.2) is 11.5 Å². The second-order valence-electron chi connectivity index (χ2n) is 10.5. The van der Waals surface area contributed by atoms with Crippen LogP contribution in [0, 0.1) is 0 Å². The number of aliphatic hydroxyl groups is 1. The topological polar surface area (TPSA) is 155 Å². The number of hydrogen-bond donors (Lipinski definition) is 3. The summed E-state index contributed by atoms with van der Waals surface area (Å²) in [6.07, 6.45) is 18.7. The van der Waals surface area contributed by atoms with Gasteiger partial charge in [0.1, 0.15) is 18.2 Å². The Morgan fingerprint density at radius 3 is 2.05 bits per heavy atom. The van der Waals surface area contributed by atoms with Crippen molar-refractivity contribution in [3.05, 3.63) is 12.7 Å². The predicted molar refractivity (Wildman–Crippen MR) is 158 cm³/mol. The van der Waals surface area contributed by atoms with Crippen molar-refractivity contribution in [2.45, 2.75) is 109 Å². The van der Waals surface area contributed by atoms with E-state index in [0.29, 0.717) is 30.8 Å². The zero-order chi connectivity index (χ0) is 29.6. The number of unbranched alkanes of at least 4 members (excludes halogenated alkanes) is 13. The quantitative estimate of drug-likeness (QED) is 0.0845. The molecule has 0 aliphatic rings. The first kappa shape index (κ1) is 35.5. The molecule has 13 heteroatoms. The van der Waals surface area contributed by atoms with Gasteiger partial charge in [-0.3, -0.25) is 8.96 Å². The molecule has 0 saturated carbocycles. The lowest BCUT2D eigenvalue weighted by Gasteiger charge is -2.19. The maximum Gasteiger partial charge on any atom is 0.353 e. The van der Waals surface area contributed by atoms with Gasteiger partial charge in [-0.05, 0) is 19.3 Å². The van der Waals surface area contributed by atoms with E-state index in [2.05, 4.69) is 15.0 Å². The van der Waals surface area contributed by atoms with Crippen LogP contribution >= 0.6 is 7.60 Å². The van der Waals surface area contributed by atoms with E-state index < -0.39 is 20.0 Å². The number of ether oxygens (including phenoxy) is 2. The molecule has 1 unspecified atom stereocenters. The summed E-state index contributed by atoms with van der Waals surface area (Å²) < 4.78 is 42.2. The normalized spacial score (nSPS) is 14.0. The number of alkyl halides is 1. The summed E-state index contributed by atoms with van der Waals surface area (Å²) in [5.41, 5.74) is 6.71. The van der Waals surface area contributed by atoms with Gasteiger partial charge < -0.3 is 34.3 Å². The molecule has 2 heterocycles. The van der Waals surface area contributed by atoms with E-state index in [1.54, 1.807) is 4.57 Å². The molecule has 2 aromatic rings. The highest BCUT2D eigenvalue weighted by Gasteiger charge is 2.23. The van der Waals surface area contributed by atoms with Crippen LogP contribution in [0.25, 0.3) is 11.2 Å². The van der Waals surface area contributed by atoms with Gasteiger partial charge in [0.25, 0.3) is 0 Å². The number of nitrogens with two attached hydrogens (primary N) is 1. The van der Waals surface area contributed by atoms with Crippen LogP contribution in [0.2, 0.25) is 0 Å². The fourth-order valence-corrected chi connectivity index (χ4v) is 5.43. The minimum absolute atomic E-state index is 0.0857. The molecule has 4 N–H and O–H groups in total.